The Balaban J connectivity index is 1.70. The van der Waals surface area contributed by atoms with Crippen molar-refractivity contribution < 1.29 is 14.6 Å². The van der Waals surface area contributed by atoms with Crippen LogP contribution in [-0.2, 0) is 11.3 Å². The minimum absolute atomic E-state index is 0.270. The smallest absolute Gasteiger partial charge is 0.123 e. The molecular formula is C17H27NO3. The third-order valence-electron chi connectivity index (χ3n) is 3.51. The van der Waals surface area contributed by atoms with Crippen LogP contribution < -0.4 is 10.1 Å². The highest BCUT2D eigenvalue weighted by Crippen LogP contribution is 2.22. The van der Waals surface area contributed by atoms with E-state index in [4.69, 9.17) is 9.47 Å². The molecule has 4 nitrogen and oxygen atoms in total. The maximum atomic E-state index is 9.86. The highest BCUT2D eigenvalue weighted by atomic mass is 16.5. The summed E-state index contributed by atoms with van der Waals surface area (Å²) in [7, 11) is 0. The van der Waals surface area contributed by atoms with E-state index in [0.717, 1.165) is 30.7 Å². The van der Waals surface area contributed by atoms with Crippen molar-refractivity contribution in [1.82, 2.24) is 5.32 Å². The molecule has 1 atom stereocenters. The fourth-order valence-corrected chi connectivity index (χ4v) is 2.03. The summed E-state index contributed by atoms with van der Waals surface area (Å²) >= 11 is 0. The summed E-state index contributed by atoms with van der Waals surface area (Å²) in [6.45, 7) is 4.25. The van der Waals surface area contributed by atoms with Crippen molar-refractivity contribution in [2.45, 2.75) is 51.3 Å². The first-order chi connectivity index (χ1) is 10.3. The summed E-state index contributed by atoms with van der Waals surface area (Å²) in [4.78, 5) is 0. The predicted octanol–water partition coefficient (Wildman–Crippen LogP) is 2.50. The lowest BCUT2D eigenvalue weighted by molar-refractivity contribution is 0.0111. The zero-order chi connectivity index (χ0) is 14.9. The van der Waals surface area contributed by atoms with Gasteiger partial charge in [-0.3, -0.25) is 0 Å². The SMILES string of the molecule is CCCCOCC(O)COc1ccccc1CNC1CC1. The lowest BCUT2D eigenvalue weighted by atomic mass is 10.2. The molecule has 1 fully saturated rings. The normalized spacial score (nSPS) is 15.9. The molecule has 0 heterocycles. The molecule has 21 heavy (non-hydrogen) atoms. The Bertz CT molecular complexity index is 407. The molecule has 4 heteroatoms. The van der Waals surface area contributed by atoms with Gasteiger partial charge in [0, 0.05) is 24.8 Å². The van der Waals surface area contributed by atoms with Crippen molar-refractivity contribution in [3.8, 4) is 5.75 Å². The van der Waals surface area contributed by atoms with E-state index in [0.29, 0.717) is 19.3 Å². The number of aliphatic hydroxyl groups excluding tert-OH is 1. The van der Waals surface area contributed by atoms with Gasteiger partial charge in [0.2, 0.25) is 0 Å². The second kappa shape index (κ2) is 9.03. The molecule has 1 unspecified atom stereocenters. The van der Waals surface area contributed by atoms with Gasteiger partial charge in [0.25, 0.3) is 0 Å². The lowest BCUT2D eigenvalue weighted by Gasteiger charge is -2.15. The van der Waals surface area contributed by atoms with Crippen molar-refractivity contribution in [2.75, 3.05) is 19.8 Å². The zero-order valence-corrected chi connectivity index (χ0v) is 12.9. The molecule has 118 valence electrons. The maximum Gasteiger partial charge on any atom is 0.123 e. The van der Waals surface area contributed by atoms with Crippen LogP contribution in [0.4, 0.5) is 0 Å². The number of hydrogen-bond acceptors (Lipinski definition) is 4. The molecule has 0 aromatic heterocycles. The second-order valence-electron chi connectivity index (χ2n) is 5.66. The molecule has 0 aliphatic heterocycles. The Kier molecular flexibility index (Phi) is 7.00. The second-order valence-corrected chi connectivity index (χ2v) is 5.66. The first-order valence-electron chi connectivity index (χ1n) is 7.99. The van der Waals surface area contributed by atoms with Crippen LogP contribution in [0.5, 0.6) is 5.75 Å². The van der Waals surface area contributed by atoms with Crippen molar-refractivity contribution in [1.29, 1.82) is 0 Å². The van der Waals surface area contributed by atoms with E-state index < -0.39 is 6.10 Å². The van der Waals surface area contributed by atoms with Crippen molar-refractivity contribution in [2.24, 2.45) is 0 Å². The summed E-state index contributed by atoms with van der Waals surface area (Å²) < 4.78 is 11.1. The van der Waals surface area contributed by atoms with Crippen LogP contribution in [0.1, 0.15) is 38.2 Å². The van der Waals surface area contributed by atoms with E-state index in [1.54, 1.807) is 0 Å². The quantitative estimate of drug-likeness (QED) is 0.616. The summed E-state index contributed by atoms with van der Waals surface area (Å²) in [6, 6.07) is 8.67. The Labute approximate surface area is 127 Å². The van der Waals surface area contributed by atoms with Gasteiger partial charge < -0.3 is 19.9 Å². The third kappa shape index (κ3) is 6.46. The Morgan fingerprint density at radius 3 is 2.86 bits per heavy atom. The van der Waals surface area contributed by atoms with Gasteiger partial charge in [0.05, 0.1) is 6.61 Å². The number of ether oxygens (including phenoxy) is 2. The molecular weight excluding hydrogens is 266 g/mol. The van der Waals surface area contributed by atoms with Crippen LogP contribution in [0.25, 0.3) is 0 Å². The van der Waals surface area contributed by atoms with Gasteiger partial charge in [-0.2, -0.15) is 0 Å². The van der Waals surface area contributed by atoms with Crippen LogP contribution in [0.3, 0.4) is 0 Å². The molecule has 1 aromatic rings. The first kappa shape index (κ1) is 16.3. The fraction of sp³-hybridized carbons (Fsp3) is 0.647. The topological polar surface area (TPSA) is 50.7 Å². The molecule has 1 saturated carbocycles. The van der Waals surface area contributed by atoms with E-state index in [2.05, 4.69) is 18.3 Å². The average Bonchev–Trinajstić information content (AvgIpc) is 3.32. The van der Waals surface area contributed by atoms with E-state index in [9.17, 15) is 5.11 Å². The van der Waals surface area contributed by atoms with Crippen LogP contribution in [0.2, 0.25) is 0 Å². The number of benzene rings is 1. The molecule has 0 saturated heterocycles. The molecule has 0 amide bonds. The van der Waals surface area contributed by atoms with Gasteiger partial charge in [0.15, 0.2) is 0 Å². The van der Waals surface area contributed by atoms with Gasteiger partial charge in [-0.15, -0.1) is 0 Å². The minimum Gasteiger partial charge on any atom is -0.490 e. The lowest BCUT2D eigenvalue weighted by Crippen LogP contribution is -2.24. The van der Waals surface area contributed by atoms with Gasteiger partial charge in [-0.1, -0.05) is 31.5 Å². The zero-order valence-electron chi connectivity index (χ0n) is 12.9. The van der Waals surface area contributed by atoms with Gasteiger partial charge in [-0.05, 0) is 25.3 Å². The number of nitrogens with one attached hydrogen (secondary N) is 1. The molecule has 2 N–H and O–H groups in total. The maximum absolute atomic E-state index is 9.86. The van der Waals surface area contributed by atoms with Gasteiger partial charge in [-0.25, -0.2) is 0 Å². The predicted molar refractivity (Wildman–Crippen MR) is 83.5 cm³/mol. The molecule has 1 aliphatic carbocycles. The Morgan fingerprint density at radius 2 is 2.10 bits per heavy atom. The third-order valence-corrected chi connectivity index (χ3v) is 3.51. The number of rotatable bonds is 11. The van der Waals surface area contributed by atoms with E-state index in [1.165, 1.54) is 12.8 Å². The van der Waals surface area contributed by atoms with E-state index in [1.807, 2.05) is 18.2 Å². The summed E-state index contributed by atoms with van der Waals surface area (Å²) in [6.07, 6.45) is 4.11. The monoisotopic (exact) mass is 293 g/mol. The minimum atomic E-state index is -0.577. The molecule has 0 bridgehead atoms. The van der Waals surface area contributed by atoms with Crippen LogP contribution >= 0.6 is 0 Å². The van der Waals surface area contributed by atoms with E-state index >= 15 is 0 Å². The van der Waals surface area contributed by atoms with E-state index in [-0.39, 0.29) is 6.61 Å². The fourth-order valence-electron chi connectivity index (χ4n) is 2.03. The largest absolute Gasteiger partial charge is 0.490 e. The van der Waals surface area contributed by atoms with Crippen LogP contribution in [0.15, 0.2) is 24.3 Å². The molecule has 2 rings (SSSR count). The van der Waals surface area contributed by atoms with Crippen molar-refractivity contribution in [3.05, 3.63) is 29.8 Å². The summed E-state index contributed by atoms with van der Waals surface area (Å²) in [5, 5.41) is 13.3. The average molecular weight is 293 g/mol. The number of para-hydroxylation sites is 1. The number of unbranched alkanes of at least 4 members (excludes halogenated alkanes) is 1. The molecule has 0 radical (unpaired) electrons. The first-order valence-corrected chi connectivity index (χ1v) is 7.99. The number of hydrogen-bond donors (Lipinski definition) is 2. The summed E-state index contributed by atoms with van der Waals surface area (Å²) in [5.74, 6) is 0.846. The number of aliphatic hydroxyl groups is 1. The van der Waals surface area contributed by atoms with Crippen LogP contribution in [0, 0.1) is 0 Å². The Morgan fingerprint density at radius 1 is 1.29 bits per heavy atom. The van der Waals surface area contributed by atoms with Crippen molar-refractivity contribution in [3.63, 3.8) is 0 Å². The molecule has 1 aromatic carbocycles. The highest BCUT2D eigenvalue weighted by Gasteiger charge is 2.20. The highest BCUT2D eigenvalue weighted by molar-refractivity contribution is 5.33. The van der Waals surface area contributed by atoms with Crippen LogP contribution in [-0.4, -0.2) is 37.1 Å². The molecule has 1 aliphatic rings. The van der Waals surface area contributed by atoms with Gasteiger partial charge in [0.1, 0.15) is 18.5 Å². The van der Waals surface area contributed by atoms with Crippen molar-refractivity contribution >= 4 is 0 Å². The van der Waals surface area contributed by atoms with Gasteiger partial charge >= 0.3 is 0 Å². The standard InChI is InChI=1S/C17H27NO3/c1-2-3-10-20-12-16(19)13-21-17-7-5-4-6-14(17)11-18-15-8-9-15/h4-7,15-16,18-19H,2-3,8-13H2,1H3. The Hall–Kier alpha value is -1.10. The molecule has 0 spiro atoms. The summed E-state index contributed by atoms with van der Waals surface area (Å²) in [5.41, 5.74) is 1.14.